The summed E-state index contributed by atoms with van der Waals surface area (Å²) in [4.78, 5) is 32.4. The Morgan fingerprint density at radius 3 is 2.61 bits per heavy atom. The molecule has 1 aliphatic rings. The molecule has 4 heterocycles. The first-order chi connectivity index (χ1) is 19.6. The van der Waals surface area contributed by atoms with E-state index in [1.807, 2.05) is 6.07 Å². The highest BCUT2D eigenvalue weighted by Gasteiger charge is 2.49. The maximum Gasteiger partial charge on any atom is 0.311 e. The fourth-order valence-corrected chi connectivity index (χ4v) is 6.02. The van der Waals surface area contributed by atoms with Crippen molar-refractivity contribution in [3.63, 3.8) is 0 Å². The summed E-state index contributed by atoms with van der Waals surface area (Å²) in [5.74, 6) is -0.593. The van der Waals surface area contributed by atoms with Crippen LogP contribution in [0.2, 0.25) is 0 Å². The molecule has 1 aromatic carbocycles. The number of ether oxygens (including phenoxy) is 1. The second-order valence-electron chi connectivity index (χ2n) is 9.85. The van der Waals surface area contributed by atoms with Gasteiger partial charge in [-0.2, -0.15) is 14.7 Å². The topological polar surface area (TPSA) is 165 Å². The van der Waals surface area contributed by atoms with E-state index in [1.54, 1.807) is 59.0 Å². The van der Waals surface area contributed by atoms with Gasteiger partial charge in [0.15, 0.2) is 6.73 Å². The number of esters is 1. The standard InChI is InChI=1S/C27H28N8O5S/c1-3-41(38,39)34-15-27(16-34,9-10-28)35-14-21(13-31-35)25-23-8-11-33(26(23)30-17-29-25)18-40-24(37)12-20-4-6-22(7-5-20)32-19(2)36/h4-8,11,13-14,17H,3,9,12,15-16,18H2,1-2H3,(H,32,36). The third-order valence-electron chi connectivity index (χ3n) is 6.99. The number of hydrogen-bond acceptors (Lipinski definition) is 9. The monoisotopic (exact) mass is 576 g/mol. The molecule has 13 nitrogen and oxygen atoms in total. The summed E-state index contributed by atoms with van der Waals surface area (Å²) < 4.78 is 34.7. The zero-order valence-electron chi connectivity index (χ0n) is 22.5. The molecule has 0 unspecified atom stereocenters. The normalized spacial score (nSPS) is 14.8. The molecule has 0 aliphatic carbocycles. The van der Waals surface area contributed by atoms with Crippen LogP contribution in [-0.4, -0.2) is 67.8 Å². The number of nitrogens with zero attached hydrogens (tertiary/aromatic N) is 7. The Morgan fingerprint density at radius 1 is 1.17 bits per heavy atom. The maximum absolute atomic E-state index is 12.5. The van der Waals surface area contributed by atoms with Crippen LogP contribution in [0, 0.1) is 11.3 Å². The quantitative estimate of drug-likeness (QED) is 0.279. The lowest BCUT2D eigenvalue weighted by atomic mass is 9.89. The molecule has 1 saturated heterocycles. The summed E-state index contributed by atoms with van der Waals surface area (Å²) in [6.45, 7) is 3.33. The first kappa shape index (κ1) is 27.9. The van der Waals surface area contributed by atoms with Gasteiger partial charge in [-0.05, 0) is 30.7 Å². The molecule has 0 saturated carbocycles. The van der Waals surface area contributed by atoms with E-state index in [0.717, 1.165) is 10.9 Å². The van der Waals surface area contributed by atoms with Crippen molar-refractivity contribution in [1.82, 2.24) is 28.6 Å². The molecule has 3 aromatic heterocycles. The van der Waals surface area contributed by atoms with E-state index in [4.69, 9.17) is 4.74 Å². The predicted molar refractivity (Wildman–Crippen MR) is 149 cm³/mol. The van der Waals surface area contributed by atoms with Crippen LogP contribution in [0.5, 0.6) is 0 Å². The third-order valence-corrected chi connectivity index (χ3v) is 8.77. The predicted octanol–water partition coefficient (Wildman–Crippen LogP) is 2.27. The smallest absolute Gasteiger partial charge is 0.311 e. The Bertz CT molecular complexity index is 1750. The van der Waals surface area contributed by atoms with Gasteiger partial charge in [0.05, 0.1) is 36.6 Å². The number of carbonyl (C=O) groups excluding carboxylic acids is 2. The van der Waals surface area contributed by atoms with Crippen LogP contribution >= 0.6 is 0 Å². The van der Waals surface area contributed by atoms with Crippen LogP contribution in [0.4, 0.5) is 5.69 Å². The molecule has 0 atom stereocenters. The van der Waals surface area contributed by atoms with Crippen molar-refractivity contribution >= 4 is 38.6 Å². The zero-order valence-corrected chi connectivity index (χ0v) is 23.3. The van der Waals surface area contributed by atoms with Crippen molar-refractivity contribution in [3.8, 4) is 17.3 Å². The summed E-state index contributed by atoms with van der Waals surface area (Å²) in [7, 11) is -3.36. The Balaban J connectivity index is 1.28. The number of anilines is 1. The van der Waals surface area contributed by atoms with Gasteiger partial charge in [-0.1, -0.05) is 12.1 Å². The van der Waals surface area contributed by atoms with E-state index < -0.39 is 21.5 Å². The number of nitriles is 1. The van der Waals surface area contributed by atoms with E-state index in [2.05, 4.69) is 26.5 Å². The molecule has 5 rings (SSSR count). The van der Waals surface area contributed by atoms with Crippen molar-refractivity contribution < 1.29 is 22.7 Å². The number of carbonyl (C=O) groups is 2. The van der Waals surface area contributed by atoms with Crippen molar-refractivity contribution in [3.05, 3.63) is 60.8 Å². The minimum absolute atomic E-state index is 0.00175. The molecule has 1 amide bonds. The second-order valence-corrected chi connectivity index (χ2v) is 12.1. The molecule has 1 N–H and O–H groups in total. The van der Waals surface area contributed by atoms with Crippen LogP contribution in [0.1, 0.15) is 25.8 Å². The SMILES string of the molecule is CCS(=O)(=O)N1CC(CC#N)(n2cc(-c3ncnc4c3ccn4COC(=O)Cc3ccc(NC(C)=O)cc3)cn2)C1. The van der Waals surface area contributed by atoms with Crippen LogP contribution < -0.4 is 5.32 Å². The van der Waals surface area contributed by atoms with E-state index in [0.29, 0.717) is 22.6 Å². The van der Waals surface area contributed by atoms with E-state index in [-0.39, 0.29) is 44.3 Å². The Morgan fingerprint density at radius 2 is 1.93 bits per heavy atom. The second kappa shape index (κ2) is 11.1. The van der Waals surface area contributed by atoms with Gasteiger partial charge in [0.2, 0.25) is 15.9 Å². The number of fused-ring (bicyclic) bond motifs is 1. The number of amides is 1. The largest absolute Gasteiger partial charge is 0.444 e. The van der Waals surface area contributed by atoms with Gasteiger partial charge in [-0.25, -0.2) is 18.4 Å². The molecule has 212 valence electrons. The van der Waals surface area contributed by atoms with Gasteiger partial charge in [0.25, 0.3) is 0 Å². The first-order valence-corrected chi connectivity index (χ1v) is 14.5. The van der Waals surface area contributed by atoms with Crippen molar-refractivity contribution in [2.24, 2.45) is 0 Å². The van der Waals surface area contributed by atoms with Crippen LogP contribution in [0.25, 0.3) is 22.3 Å². The number of benzene rings is 1. The molecule has 0 radical (unpaired) electrons. The molecule has 1 aliphatic heterocycles. The summed E-state index contributed by atoms with van der Waals surface area (Å²) in [5.41, 5.74) is 2.50. The van der Waals surface area contributed by atoms with Gasteiger partial charge in [0, 0.05) is 49.0 Å². The van der Waals surface area contributed by atoms with Crippen LogP contribution in [0.3, 0.4) is 0 Å². The molecular formula is C27H28N8O5S. The Hall–Kier alpha value is -4.61. The minimum Gasteiger partial charge on any atom is -0.444 e. The van der Waals surface area contributed by atoms with Crippen molar-refractivity contribution in [1.29, 1.82) is 5.26 Å². The van der Waals surface area contributed by atoms with Crippen LogP contribution in [-0.2, 0) is 43.0 Å². The third kappa shape index (κ3) is 5.67. The number of nitrogens with one attached hydrogen (secondary N) is 1. The highest BCUT2D eigenvalue weighted by molar-refractivity contribution is 7.89. The van der Waals surface area contributed by atoms with Crippen LogP contribution in [0.15, 0.2) is 55.2 Å². The fraction of sp³-hybridized carbons (Fsp3) is 0.333. The first-order valence-electron chi connectivity index (χ1n) is 12.9. The lowest BCUT2D eigenvalue weighted by Gasteiger charge is -2.47. The van der Waals surface area contributed by atoms with Gasteiger partial charge < -0.3 is 10.1 Å². The lowest BCUT2D eigenvalue weighted by molar-refractivity contribution is -0.146. The van der Waals surface area contributed by atoms with Crippen molar-refractivity contribution in [2.75, 3.05) is 24.2 Å². The summed E-state index contributed by atoms with van der Waals surface area (Å²) in [5, 5.41) is 17.3. The highest BCUT2D eigenvalue weighted by Crippen LogP contribution is 2.36. The summed E-state index contributed by atoms with van der Waals surface area (Å²) in [6, 6.07) is 10.9. The average molecular weight is 577 g/mol. The van der Waals surface area contributed by atoms with Gasteiger partial charge in [0.1, 0.15) is 17.5 Å². The molecule has 1 fully saturated rings. The zero-order chi connectivity index (χ0) is 29.2. The van der Waals surface area contributed by atoms with E-state index in [9.17, 15) is 23.3 Å². The molecule has 14 heteroatoms. The molecule has 4 aromatic rings. The number of hydrogen-bond donors (Lipinski definition) is 1. The average Bonchev–Trinajstić information content (AvgIpc) is 3.58. The molecule has 41 heavy (non-hydrogen) atoms. The van der Waals surface area contributed by atoms with Gasteiger partial charge >= 0.3 is 5.97 Å². The Kier molecular flexibility index (Phi) is 7.57. The number of rotatable bonds is 10. The number of aromatic nitrogens is 5. The molecule has 0 spiro atoms. The van der Waals surface area contributed by atoms with Gasteiger partial charge in [-0.3, -0.25) is 18.8 Å². The highest BCUT2D eigenvalue weighted by atomic mass is 32.2. The van der Waals surface area contributed by atoms with E-state index >= 15 is 0 Å². The maximum atomic E-state index is 12.5. The fourth-order valence-electron chi connectivity index (χ4n) is 4.79. The number of sulfonamides is 1. The lowest BCUT2D eigenvalue weighted by Crippen LogP contribution is -2.64. The minimum atomic E-state index is -3.36. The van der Waals surface area contributed by atoms with E-state index in [1.165, 1.54) is 17.6 Å². The van der Waals surface area contributed by atoms with Crippen molar-refractivity contribution in [2.45, 2.75) is 39.0 Å². The molecule has 0 bridgehead atoms. The van der Waals surface area contributed by atoms with Gasteiger partial charge in [-0.15, -0.1) is 0 Å². The Labute approximate surface area is 236 Å². The molecular weight excluding hydrogens is 548 g/mol. The summed E-state index contributed by atoms with van der Waals surface area (Å²) in [6.07, 6.45) is 6.74. The summed E-state index contributed by atoms with van der Waals surface area (Å²) >= 11 is 0.